The first-order valence-corrected chi connectivity index (χ1v) is 6.87. The molecule has 0 aromatic carbocycles. The maximum atomic E-state index is 9.84. The molecule has 2 heterocycles. The molecular formula is C15H20N4O. The maximum absolute atomic E-state index is 9.84. The summed E-state index contributed by atoms with van der Waals surface area (Å²) in [5.74, 6) is 0.356. The Balaban J connectivity index is 2.88. The van der Waals surface area contributed by atoms with Crippen LogP contribution in [0.1, 0.15) is 40.0 Å². The van der Waals surface area contributed by atoms with Crippen molar-refractivity contribution >= 4 is 5.90 Å². The first-order chi connectivity index (χ1) is 9.41. The Bertz CT molecular complexity index is 594. The van der Waals surface area contributed by atoms with Crippen molar-refractivity contribution in [3.05, 3.63) is 11.3 Å². The third-order valence-corrected chi connectivity index (χ3v) is 5.20. The van der Waals surface area contributed by atoms with Gasteiger partial charge in [-0.15, -0.1) is 0 Å². The van der Waals surface area contributed by atoms with Crippen LogP contribution in [0.15, 0.2) is 16.3 Å². The SMILES string of the molecule is CCC12CC(C)(CC)C(C#N)(C(OC)=N1)C(N)=C2C#N. The normalized spacial score (nSPS) is 39.0. The molecule has 0 spiro atoms. The van der Waals surface area contributed by atoms with Gasteiger partial charge in [0, 0.05) is 5.41 Å². The minimum absolute atomic E-state index is 0.326. The first kappa shape index (κ1) is 14.4. The van der Waals surface area contributed by atoms with Gasteiger partial charge in [-0.25, -0.2) is 4.99 Å². The molecule has 3 atom stereocenters. The number of aliphatic imine (C=N–C) groups is 1. The van der Waals surface area contributed by atoms with Gasteiger partial charge in [0.15, 0.2) is 5.41 Å². The molecule has 2 N–H and O–H groups in total. The van der Waals surface area contributed by atoms with Crippen LogP contribution in [-0.2, 0) is 4.74 Å². The molecule has 0 saturated heterocycles. The van der Waals surface area contributed by atoms with Crippen LogP contribution in [0, 0.1) is 33.5 Å². The van der Waals surface area contributed by atoms with Crippen molar-refractivity contribution in [1.29, 1.82) is 10.5 Å². The van der Waals surface area contributed by atoms with Crippen LogP contribution < -0.4 is 5.73 Å². The zero-order chi connectivity index (χ0) is 15.2. The first-order valence-electron chi connectivity index (χ1n) is 6.87. The van der Waals surface area contributed by atoms with E-state index in [1.807, 2.05) is 20.8 Å². The van der Waals surface area contributed by atoms with Gasteiger partial charge in [-0.2, -0.15) is 10.5 Å². The predicted molar refractivity (Wildman–Crippen MR) is 75.4 cm³/mol. The van der Waals surface area contributed by atoms with Crippen molar-refractivity contribution in [2.24, 2.45) is 21.6 Å². The van der Waals surface area contributed by atoms with E-state index < -0.39 is 11.0 Å². The molecule has 3 aliphatic rings. The second kappa shape index (κ2) is 4.24. The molecule has 0 fully saturated rings. The van der Waals surface area contributed by atoms with Crippen LogP contribution in [0.4, 0.5) is 0 Å². The number of nitrogens with two attached hydrogens (primary N) is 1. The Morgan fingerprint density at radius 1 is 1.35 bits per heavy atom. The van der Waals surface area contributed by atoms with Crippen LogP contribution in [0.3, 0.4) is 0 Å². The van der Waals surface area contributed by atoms with Gasteiger partial charge in [-0.3, -0.25) is 0 Å². The number of fused-ring (bicyclic) bond motifs is 1. The molecule has 0 amide bonds. The topological polar surface area (TPSA) is 95.2 Å². The van der Waals surface area contributed by atoms with E-state index in [0.29, 0.717) is 30.0 Å². The molecular weight excluding hydrogens is 252 g/mol. The maximum Gasteiger partial charge on any atom is 0.211 e. The standard InChI is InChI=1S/C15H20N4O/c1-5-13(3)8-14(6-2)10(7-16)11(18)15(13,9-17)12(19-14)20-4/h5-6,8,18H2,1-4H3. The van der Waals surface area contributed by atoms with Crippen molar-refractivity contribution in [2.75, 3.05) is 7.11 Å². The summed E-state index contributed by atoms with van der Waals surface area (Å²) in [7, 11) is 1.51. The Morgan fingerprint density at radius 3 is 2.40 bits per heavy atom. The van der Waals surface area contributed by atoms with Gasteiger partial charge in [0.05, 0.1) is 30.5 Å². The monoisotopic (exact) mass is 272 g/mol. The van der Waals surface area contributed by atoms with Crippen molar-refractivity contribution in [3.8, 4) is 12.1 Å². The van der Waals surface area contributed by atoms with Crippen LogP contribution in [-0.4, -0.2) is 18.5 Å². The smallest absolute Gasteiger partial charge is 0.211 e. The second-order valence-corrected chi connectivity index (χ2v) is 5.86. The van der Waals surface area contributed by atoms with Gasteiger partial charge >= 0.3 is 0 Å². The summed E-state index contributed by atoms with van der Waals surface area (Å²) in [5, 5.41) is 19.3. The Morgan fingerprint density at radius 2 is 2.00 bits per heavy atom. The van der Waals surface area contributed by atoms with E-state index in [1.165, 1.54) is 7.11 Å². The molecule has 3 rings (SSSR count). The fourth-order valence-corrected chi connectivity index (χ4v) is 3.75. The van der Waals surface area contributed by atoms with Crippen molar-refractivity contribution < 1.29 is 4.74 Å². The number of methoxy groups -OCH3 is 1. The van der Waals surface area contributed by atoms with Crippen molar-refractivity contribution in [3.63, 3.8) is 0 Å². The summed E-state index contributed by atoms with van der Waals surface area (Å²) in [6.07, 6.45) is 2.08. The lowest BCUT2D eigenvalue weighted by atomic mass is 9.49. The minimum atomic E-state index is -1.13. The minimum Gasteiger partial charge on any atom is -0.483 e. The van der Waals surface area contributed by atoms with E-state index in [9.17, 15) is 10.5 Å². The highest BCUT2D eigenvalue weighted by Crippen LogP contribution is 2.62. The van der Waals surface area contributed by atoms with E-state index >= 15 is 0 Å². The van der Waals surface area contributed by atoms with E-state index in [-0.39, 0.29) is 5.41 Å². The quantitative estimate of drug-likeness (QED) is 0.834. The van der Waals surface area contributed by atoms with Crippen LogP contribution in [0.25, 0.3) is 0 Å². The van der Waals surface area contributed by atoms with Crippen LogP contribution in [0.5, 0.6) is 0 Å². The zero-order valence-corrected chi connectivity index (χ0v) is 12.4. The van der Waals surface area contributed by atoms with Gasteiger partial charge in [-0.05, 0) is 19.3 Å². The highest BCUT2D eigenvalue weighted by atomic mass is 16.5. The van der Waals surface area contributed by atoms with E-state index in [2.05, 4.69) is 17.1 Å². The Labute approximate surface area is 119 Å². The fraction of sp³-hybridized carbons (Fsp3) is 0.667. The molecule has 2 bridgehead atoms. The molecule has 0 saturated carbocycles. The lowest BCUT2D eigenvalue weighted by molar-refractivity contribution is 0.0830. The number of rotatable bonds is 2. The zero-order valence-electron chi connectivity index (χ0n) is 12.4. The van der Waals surface area contributed by atoms with Gasteiger partial charge in [0.25, 0.3) is 0 Å². The van der Waals surface area contributed by atoms with Gasteiger partial charge in [0.2, 0.25) is 5.90 Å². The number of nitrogens with zero attached hydrogens (tertiary/aromatic N) is 3. The fourth-order valence-electron chi connectivity index (χ4n) is 3.75. The summed E-state index contributed by atoms with van der Waals surface area (Å²) < 4.78 is 5.41. The molecule has 5 nitrogen and oxygen atoms in total. The number of hydrogen-bond donors (Lipinski definition) is 1. The van der Waals surface area contributed by atoms with Crippen molar-refractivity contribution in [2.45, 2.75) is 45.6 Å². The highest BCUT2D eigenvalue weighted by Gasteiger charge is 2.67. The second-order valence-electron chi connectivity index (χ2n) is 5.86. The summed E-state index contributed by atoms with van der Waals surface area (Å²) in [6.45, 7) is 6.06. The largest absolute Gasteiger partial charge is 0.483 e. The number of hydrogen-bond acceptors (Lipinski definition) is 5. The van der Waals surface area contributed by atoms with Gasteiger partial charge in [-0.1, -0.05) is 20.8 Å². The third-order valence-electron chi connectivity index (χ3n) is 5.20. The number of ether oxygens (including phenoxy) is 1. The molecule has 5 heteroatoms. The Hall–Kier alpha value is -2.01. The number of nitriles is 2. The molecule has 0 radical (unpaired) electrons. The summed E-state index contributed by atoms with van der Waals surface area (Å²) in [4.78, 5) is 4.62. The van der Waals surface area contributed by atoms with E-state index in [0.717, 1.165) is 6.42 Å². The summed E-state index contributed by atoms with van der Waals surface area (Å²) >= 11 is 0. The van der Waals surface area contributed by atoms with E-state index in [1.54, 1.807) is 0 Å². The molecule has 0 aromatic heterocycles. The molecule has 20 heavy (non-hydrogen) atoms. The molecule has 0 aromatic rings. The van der Waals surface area contributed by atoms with Gasteiger partial charge < -0.3 is 10.5 Å². The average Bonchev–Trinajstić information content (AvgIpc) is 2.46. The Kier molecular flexibility index (Phi) is 3.06. The molecule has 3 unspecified atom stereocenters. The lowest BCUT2D eigenvalue weighted by Crippen LogP contribution is -2.62. The molecule has 106 valence electrons. The summed E-state index contributed by atoms with van der Waals surface area (Å²) in [6, 6.07) is 4.50. The van der Waals surface area contributed by atoms with Crippen molar-refractivity contribution in [1.82, 2.24) is 0 Å². The molecule has 2 aliphatic heterocycles. The third kappa shape index (κ3) is 1.28. The number of dihydropyridines is 1. The van der Waals surface area contributed by atoms with Gasteiger partial charge in [0.1, 0.15) is 5.54 Å². The average molecular weight is 272 g/mol. The predicted octanol–water partition coefficient (Wildman–Crippen LogP) is 2.26. The summed E-state index contributed by atoms with van der Waals surface area (Å²) in [5.41, 5.74) is 4.88. The van der Waals surface area contributed by atoms with Crippen LogP contribution >= 0.6 is 0 Å². The van der Waals surface area contributed by atoms with E-state index in [4.69, 9.17) is 10.5 Å². The molecule has 1 aliphatic carbocycles. The van der Waals surface area contributed by atoms with Crippen LogP contribution in [0.2, 0.25) is 0 Å². The lowest BCUT2D eigenvalue weighted by Gasteiger charge is -2.56. The highest BCUT2D eigenvalue weighted by molar-refractivity contribution is 5.94.